The Morgan fingerprint density at radius 2 is 2.00 bits per heavy atom. The van der Waals surface area contributed by atoms with Crippen LogP contribution in [-0.2, 0) is 0 Å². The molecule has 20 heavy (non-hydrogen) atoms. The van der Waals surface area contributed by atoms with Crippen LogP contribution in [-0.4, -0.2) is 29.8 Å². The second-order valence-electron chi connectivity index (χ2n) is 5.94. The Labute approximate surface area is 127 Å². The van der Waals surface area contributed by atoms with Crippen molar-refractivity contribution in [2.24, 2.45) is 21.8 Å². The highest BCUT2D eigenvalue weighted by Crippen LogP contribution is 2.43. The van der Waals surface area contributed by atoms with Crippen LogP contribution in [0.3, 0.4) is 0 Å². The summed E-state index contributed by atoms with van der Waals surface area (Å²) in [6.07, 6.45) is 5.51. The van der Waals surface area contributed by atoms with E-state index >= 15 is 0 Å². The van der Waals surface area contributed by atoms with E-state index < -0.39 is 0 Å². The highest BCUT2D eigenvalue weighted by Gasteiger charge is 2.41. The molecule has 0 bridgehead atoms. The van der Waals surface area contributed by atoms with Gasteiger partial charge in [-0.15, -0.1) is 11.8 Å². The van der Waals surface area contributed by atoms with Gasteiger partial charge in [-0.05, 0) is 48.7 Å². The summed E-state index contributed by atoms with van der Waals surface area (Å²) in [7, 11) is 1.87. The Balaban J connectivity index is 2.56. The summed E-state index contributed by atoms with van der Waals surface area (Å²) in [6, 6.07) is 0. The number of allylic oxidation sites excluding steroid dienone is 4. The van der Waals surface area contributed by atoms with E-state index in [2.05, 4.69) is 51.8 Å². The van der Waals surface area contributed by atoms with Gasteiger partial charge in [-0.2, -0.15) is 0 Å². The number of fused-ring (bicyclic) bond motifs is 1. The molecule has 1 heterocycles. The molecule has 0 saturated heterocycles. The molecule has 1 aliphatic heterocycles. The van der Waals surface area contributed by atoms with Crippen molar-refractivity contribution in [3.63, 3.8) is 0 Å². The quantitative estimate of drug-likeness (QED) is 0.701. The van der Waals surface area contributed by atoms with E-state index in [1.807, 2.05) is 18.8 Å². The topological polar surface area (TPSA) is 24.7 Å². The average Bonchev–Trinajstić information content (AvgIpc) is 2.46. The monoisotopic (exact) mass is 290 g/mol. The minimum absolute atomic E-state index is 0.0559. The smallest absolute Gasteiger partial charge is 0.0753 e. The highest BCUT2D eigenvalue weighted by atomic mass is 32.2. The maximum Gasteiger partial charge on any atom is 0.0753 e. The van der Waals surface area contributed by atoms with E-state index in [0.717, 1.165) is 17.9 Å². The molecular weight excluding hydrogens is 264 g/mol. The van der Waals surface area contributed by atoms with Gasteiger partial charge in [0.05, 0.1) is 17.0 Å². The number of hydrogen-bond acceptors (Lipinski definition) is 3. The third-order valence-electron chi connectivity index (χ3n) is 4.95. The fourth-order valence-corrected chi connectivity index (χ4v) is 3.86. The lowest BCUT2D eigenvalue weighted by Crippen LogP contribution is -2.42. The molecule has 2 nitrogen and oxygen atoms in total. The molecule has 0 saturated carbocycles. The van der Waals surface area contributed by atoms with Crippen LogP contribution in [0.2, 0.25) is 0 Å². The molecule has 0 aromatic carbocycles. The first-order chi connectivity index (χ1) is 9.46. The molecule has 0 aromatic heterocycles. The molecule has 0 radical (unpaired) electrons. The number of rotatable bonds is 3. The normalized spacial score (nSPS) is 35.3. The average molecular weight is 290 g/mol. The van der Waals surface area contributed by atoms with Crippen molar-refractivity contribution in [1.82, 2.24) is 0 Å². The van der Waals surface area contributed by atoms with Crippen LogP contribution in [0.1, 0.15) is 41.0 Å². The minimum Gasteiger partial charge on any atom is -0.289 e. The van der Waals surface area contributed by atoms with Crippen LogP contribution in [0.4, 0.5) is 0 Å². The van der Waals surface area contributed by atoms with Gasteiger partial charge in [0.1, 0.15) is 0 Å². The molecule has 0 amide bonds. The predicted molar refractivity (Wildman–Crippen MR) is 92.1 cm³/mol. The zero-order chi connectivity index (χ0) is 14.9. The molecule has 110 valence electrons. The molecule has 2 aliphatic rings. The van der Waals surface area contributed by atoms with Crippen molar-refractivity contribution in [2.45, 2.75) is 46.6 Å². The SMILES string of the molecule is CCSC1=CC(=NC)C=C2C1=NC(C)(CC)C(C)C2C. The van der Waals surface area contributed by atoms with E-state index in [9.17, 15) is 0 Å². The first-order valence-electron chi connectivity index (χ1n) is 7.60. The molecule has 0 aromatic rings. The molecule has 1 aliphatic carbocycles. The second-order valence-corrected chi connectivity index (χ2v) is 7.24. The second kappa shape index (κ2) is 5.88. The first-order valence-corrected chi connectivity index (χ1v) is 8.58. The van der Waals surface area contributed by atoms with Gasteiger partial charge in [0, 0.05) is 12.0 Å². The highest BCUT2D eigenvalue weighted by molar-refractivity contribution is 8.04. The van der Waals surface area contributed by atoms with Gasteiger partial charge in [-0.3, -0.25) is 9.98 Å². The van der Waals surface area contributed by atoms with Crippen LogP contribution in [0.5, 0.6) is 0 Å². The Kier molecular flexibility index (Phi) is 4.58. The third kappa shape index (κ3) is 2.52. The molecule has 3 atom stereocenters. The number of thioether (sulfide) groups is 1. The van der Waals surface area contributed by atoms with Crippen molar-refractivity contribution in [3.05, 3.63) is 22.6 Å². The number of aliphatic imine (C=N–C) groups is 2. The largest absolute Gasteiger partial charge is 0.289 e. The Bertz CT molecular complexity index is 513. The van der Waals surface area contributed by atoms with E-state index in [-0.39, 0.29) is 5.54 Å². The molecule has 0 fully saturated rings. The number of nitrogens with zero attached hydrogens (tertiary/aromatic N) is 2. The lowest BCUT2D eigenvalue weighted by Gasteiger charge is -2.43. The lowest BCUT2D eigenvalue weighted by atomic mass is 9.70. The zero-order valence-corrected chi connectivity index (χ0v) is 14.3. The molecule has 0 N–H and O–H groups in total. The van der Waals surface area contributed by atoms with Crippen molar-refractivity contribution >= 4 is 23.2 Å². The van der Waals surface area contributed by atoms with E-state index in [1.165, 1.54) is 16.2 Å². The Hall–Kier alpha value is -0.830. The molecular formula is C17H26N2S. The first kappa shape index (κ1) is 15.6. The summed E-state index contributed by atoms with van der Waals surface area (Å²) in [4.78, 5) is 10.8. The van der Waals surface area contributed by atoms with Crippen molar-refractivity contribution < 1.29 is 0 Å². The van der Waals surface area contributed by atoms with Gasteiger partial charge in [0.25, 0.3) is 0 Å². The van der Waals surface area contributed by atoms with Crippen LogP contribution < -0.4 is 0 Å². The molecule has 3 heteroatoms. The summed E-state index contributed by atoms with van der Waals surface area (Å²) >= 11 is 1.88. The van der Waals surface area contributed by atoms with Crippen molar-refractivity contribution in [1.29, 1.82) is 0 Å². The number of hydrogen-bond donors (Lipinski definition) is 0. The van der Waals surface area contributed by atoms with Crippen LogP contribution in [0, 0.1) is 11.8 Å². The zero-order valence-electron chi connectivity index (χ0n) is 13.5. The van der Waals surface area contributed by atoms with E-state index in [0.29, 0.717) is 11.8 Å². The van der Waals surface area contributed by atoms with Crippen molar-refractivity contribution in [3.8, 4) is 0 Å². The predicted octanol–water partition coefficient (Wildman–Crippen LogP) is 4.53. The summed E-state index contributed by atoms with van der Waals surface area (Å²) < 4.78 is 0. The van der Waals surface area contributed by atoms with E-state index in [4.69, 9.17) is 4.99 Å². The maximum atomic E-state index is 5.16. The fraction of sp³-hybridized carbons (Fsp3) is 0.647. The Morgan fingerprint density at radius 1 is 1.30 bits per heavy atom. The fourth-order valence-electron chi connectivity index (χ4n) is 3.04. The van der Waals surface area contributed by atoms with Gasteiger partial charge < -0.3 is 0 Å². The van der Waals surface area contributed by atoms with Gasteiger partial charge in [0.2, 0.25) is 0 Å². The Morgan fingerprint density at radius 3 is 2.55 bits per heavy atom. The van der Waals surface area contributed by atoms with Crippen LogP contribution >= 0.6 is 11.8 Å². The van der Waals surface area contributed by atoms with Crippen molar-refractivity contribution in [2.75, 3.05) is 12.8 Å². The maximum absolute atomic E-state index is 5.16. The standard InChI is InChI=1S/C17H26N2S/c1-7-17(5)12(4)11(3)14-9-13(18-6)10-15(20-8-2)16(14)19-17/h9-12H,7-8H2,1-6H3. The lowest BCUT2D eigenvalue weighted by molar-refractivity contribution is 0.245. The molecule has 0 spiro atoms. The van der Waals surface area contributed by atoms with E-state index in [1.54, 1.807) is 0 Å². The summed E-state index contributed by atoms with van der Waals surface area (Å²) in [6.45, 7) is 11.4. The van der Waals surface area contributed by atoms with Crippen LogP contribution in [0.25, 0.3) is 0 Å². The molecule has 2 rings (SSSR count). The van der Waals surface area contributed by atoms with Crippen LogP contribution in [0.15, 0.2) is 32.6 Å². The van der Waals surface area contributed by atoms with Gasteiger partial charge in [-0.1, -0.05) is 27.7 Å². The summed E-state index contributed by atoms with van der Waals surface area (Å²) in [5, 5.41) is 0. The van der Waals surface area contributed by atoms with Gasteiger partial charge in [0.15, 0.2) is 0 Å². The summed E-state index contributed by atoms with van der Waals surface area (Å²) in [5.74, 6) is 2.17. The van der Waals surface area contributed by atoms with Gasteiger partial charge >= 0.3 is 0 Å². The minimum atomic E-state index is 0.0559. The van der Waals surface area contributed by atoms with Gasteiger partial charge in [-0.25, -0.2) is 0 Å². The molecule has 3 unspecified atom stereocenters. The summed E-state index contributed by atoms with van der Waals surface area (Å²) in [5.41, 5.74) is 3.73. The third-order valence-corrected chi connectivity index (χ3v) is 5.86.